The van der Waals surface area contributed by atoms with Gasteiger partial charge in [-0.25, -0.2) is 9.97 Å². The van der Waals surface area contributed by atoms with Crippen LogP contribution < -0.4 is 10.1 Å². The molecule has 0 atom stereocenters. The Morgan fingerprint density at radius 1 is 1.38 bits per heavy atom. The molecule has 0 saturated carbocycles. The zero-order valence-corrected chi connectivity index (χ0v) is 8.75. The molecule has 0 aliphatic heterocycles. The zero-order valence-electron chi connectivity index (χ0n) is 8.75. The van der Waals surface area contributed by atoms with Crippen molar-refractivity contribution in [2.75, 3.05) is 11.9 Å². The van der Waals surface area contributed by atoms with Gasteiger partial charge in [-0.15, -0.1) is 0 Å². The molecule has 0 radical (unpaired) electrons. The summed E-state index contributed by atoms with van der Waals surface area (Å²) in [6.07, 6.45) is 2.71. The van der Waals surface area contributed by atoms with Gasteiger partial charge in [-0.3, -0.25) is 0 Å². The average molecular weight is 221 g/mol. The van der Waals surface area contributed by atoms with E-state index >= 15 is 0 Å². The smallest absolute Gasteiger partial charge is 0.218 e. The van der Waals surface area contributed by atoms with Gasteiger partial charge in [0.1, 0.15) is 12.1 Å². The molecule has 84 valence electrons. The minimum atomic E-state index is 0.444. The summed E-state index contributed by atoms with van der Waals surface area (Å²) in [5.41, 5.74) is 0. The van der Waals surface area contributed by atoms with Crippen LogP contribution in [-0.4, -0.2) is 26.7 Å². The van der Waals surface area contributed by atoms with Crippen LogP contribution in [0.5, 0.6) is 5.88 Å². The van der Waals surface area contributed by atoms with Crippen molar-refractivity contribution in [1.29, 1.82) is 0 Å². The number of rotatable bonds is 5. The highest BCUT2D eigenvalue weighted by Gasteiger charge is 2.01. The second kappa shape index (κ2) is 5.06. The Bertz CT molecular complexity index is 431. The van der Waals surface area contributed by atoms with Crippen molar-refractivity contribution in [2.45, 2.75) is 13.5 Å². The Labute approximate surface area is 91.9 Å². The van der Waals surface area contributed by atoms with Gasteiger partial charge in [-0.2, -0.15) is 4.98 Å². The Hall–Kier alpha value is -2.18. The highest BCUT2D eigenvalue weighted by atomic mass is 16.5. The summed E-state index contributed by atoms with van der Waals surface area (Å²) in [5, 5.41) is 6.70. The van der Waals surface area contributed by atoms with Gasteiger partial charge < -0.3 is 14.6 Å². The van der Waals surface area contributed by atoms with E-state index in [1.54, 1.807) is 6.07 Å². The van der Waals surface area contributed by atoms with Crippen molar-refractivity contribution in [1.82, 2.24) is 20.1 Å². The van der Waals surface area contributed by atoms with Gasteiger partial charge in [0, 0.05) is 6.07 Å². The van der Waals surface area contributed by atoms with Crippen LogP contribution in [0.25, 0.3) is 0 Å². The molecular formula is C9H11N5O2. The van der Waals surface area contributed by atoms with Gasteiger partial charge in [0.05, 0.1) is 13.2 Å². The Kier molecular flexibility index (Phi) is 3.27. The molecule has 2 rings (SSSR count). The van der Waals surface area contributed by atoms with Crippen LogP contribution in [0.2, 0.25) is 0 Å². The van der Waals surface area contributed by atoms with Gasteiger partial charge in [-0.1, -0.05) is 5.16 Å². The number of hydrogen-bond donors (Lipinski definition) is 1. The van der Waals surface area contributed by atoms with Crippen LogP contribution in [0.1, 0.15) is 12.7 Å². The largest absolute Gasteiger partial charge is 0.478 e. The summed E-state index contributed by atoms with van der Waals surface area (Å²) in [4.78, 5) is 11.9. The molecule has 0 amide bonds. The highest BCUT2D eigenvalue weighted by molar-refractivity contribution is 5.36. The van der Waals surface area contributed by atoms with Crippen molar-refractivity contribution in [3.05, 3.63) is 24.6 Å². The molecule has 0 spiro atoms. The number of hydrogen-bond acceptors (Lipinski definition) is 7. The number of nitrogens with one attached hydrogen (secondary N) is 1. The molecule has 2 aromatic heterocycles. The van der Waals surface area contributed by atoms with E-state index in [4.69, 9.17) is 4.74 Å². The maximum absolute atomic E-state index is 5.24. The van der Waals surface area contributed by atoms with E-state index < -0.39 is 0 Å². The van der Waals surface area contributed by atoms with E-state index in [0.717, 1.165) is 0 Å². The molecular weight excluding hydrogens is 210 g/mol. The fraction of sp³-hybridized carbons (Fsp3) is 0.333. The van der Waals surface area contributed by atoms with Crippen LogP contribution in [-0.2, 0) is 6.54 Å². The first-order valence-electron chi connectivity index (χ1n) is 4.82. The van der Waals surface area contributed by atoms with E-state index in [-0.39, 0.29) is 0 Å². The first-order chi connectivity index (χ1) is 7.88. The first-order valence-corrected chi connectivity index (χ1v) is 4.82. The Morgan fingerprint density at radius 2 is 2.31 bits per heavy atom. The van der Waals surface area contributed by atoms with E-state index in [0.29, 0.717) is 30.7 Å². The zero-order chi connectivity index (χ0) is 11.2. The van der Waals surface area contributed by atoms with Crippen LogP contribution in [0.4, 0.5) is 5.82 Å². The van der Waals surface area contributed by atoms with Crippen molar-refractivity contribution >= 4 is 5.82 Å². The van der Waals surface area contributed by atoms with Crippen molar-refractivity contribution in [2.24, 2.45) is 0 Å². The maximum atomic E-state index is 5.24. The van der Waals surface area contributed by atoms with Gasteiger partial charge in [0.15, 0.2) is 5.82 Å². The molecule has 0 aliphatic rings. The van der Waals surface area contributed by atoms with E-state index in [2.05, 4.69) is 29.9 Å². The van der Waals surface area contributed by atoms with E-state index in [9.17, 15) is 0 Å². The molecule has 7 heteroatoms. The normalized spacial score (nSPS) is 10.1. The van der Waals surface area contributed by atoms with Gasteiger partial charge in [0.25, 0.3) is 0 Å². The monoisotopic (exact) mass is 221 g/mol. The first kappa shape index (κ1) is 10.3. The Morgan fingerprint density at radius 3 is 3.06 bits per heavy atom. The van der Waals surface area contributed by atoms with Gasteiger partial charge in [0.2, 0.25) is 12.3 Å². The summed E-state index contributed by atoms with van der Waals surface area (Å²) in [6, 6.07) is 1.71. The highest BCUT2D eigenvalue weighted by Crippen LogP contribution is 2.11. The molecule has 0 saturated heterocycles. The van der Waals surface area contributed by atoms with Crippen molar-refractivity contribution in [3.8, 4) is 5.88 Å². The molecule has 2 aromatic rings. The minimum Gasteiger partial charge on any atom is -0.478 e. The van der Waals surface area contributed by atoms with Crippen molar-refractivity contribution in [3.63, 3.8) is 0 Å². The van der Waals surface area contributed by atoms with Crippen LogP contribution >= 0.6 is 0 Å². The molecule has 16 heavy (non-hydrogen) atoms. The lowest BCUT2D eigenvalue weighted by molar-refractivity contribution is 0.326. The lowest BCUT2D eigenvalue weighted by Crippen LogP contribution is -2.04. The summed E-state index contributed by atoms with van der Waals surface area (Å²) in [7, 11) is 0. The molecule has 0 unspecified atom stereocenters. The van der Waals surface area contributed by atoms with Crippen LogP contribution in [0, 0.1) is 0 Å². The molecule has 1 N–H and O–H groups in total. The molecule has 0 fully saturated rings. The summed E-state index contributed by atoms with van der Waals surface area (Å²) >= 11 is 0. The van der Waals surface area contributed by atoms with Crippen molar-refractivity contribution < 1.29 is 9.26 Å². The second-order valence-corrected chi connectivity index (χ2v) is 2.88. The Balaban J connectivity index is 1.96. The number of nitrogens with zero attached hydrogens (tertiary/aromatic N) is 4. The molecule has 2 heterocycles. The predicted molar refractivity (Wildman–Crippen MR) is 54.8 cm³/mol. The molecule has 0 aromatic carbocycles. The predicted octanol–water partition coefficient (Wildman–Crippen LogP) is 0.870. The minimum absolute atomic E-state index is 0.444. The summed E-state index contributed by atoms with van der Waals surface area (Å²) in [5.74, 6) is 1.76. The van der Waals surface area contributed by atoms with E-state index in [1.165, 1.54) is 12.7 Å². The standard InChI is InChI=1S/C9H11N5O2/c1-2-15-9-3-7(11-5-12-9)10-4-8-13-6-16-14-8/h3,5-6H,2,4H2,1H3,(H,10,11,12). The van der Waals surface area contributed by atoms with E-state index in [1.807, 2.05) is 6.92 Å². The third-order valence-electron chi connectivity index (χ3n) is 1.77. The van der Waals surface area contributed by atoms with Crippen LogP contribution in [0.3, 0.4) is 0 Å². The lowest BCUT2D eigenvalue weighted by Gasteiger charge is -2.04. The number of ether oxygens (including phenoxy) is 1. The number of anilines is 1. The molecule has 0 bridgehead atoms. The van der Waals surface area contributed by atoms with Gasteiger partial charge in [-0.05, 0) is 6.92 Å². The quantitative estimate of drug-likeness (QED) is 0.801. The SMILES string of the molecule is CCOc1cc(NCc2ncon2)ncn1. The molecule has 7 nitrogen and oxygen atoms in total. The fourth-order valence-electron chi connectivity index (χ4n) is 1.10. The fourth-order valence-corrected chi connectivity index (χ4v) is 1.10. The topological polar surface area (TPSA) is 86.0 Å². The second-order valence-electron chi connectivity index (χ2n) is 2.88. The average Bonchev–Trinajstić information content (AvgIpc) is 2.80. The lowest BCUT2D eigenvalue weighted by atomic mass is 10.5. The number of aromatic nitrogens is 4. The molecule has 0 aliphatic carbocycles. The third-order valence-corrected chi connectivity index (χ3v) is 1.77. The maximum Gasteiger partial charge on any atom is 0.218 e. The van der Waals surface area contributed by atoms with Crippen LogP contribution in [0.15, 0.2) is 23.3 Å². The summed E-state index contributed by atoms with van der Waals surface area (Å²) in [6.45, 7) is 2.91. The summed E-state index contributed by atoms with van der Waals surface area (Å²) < 4.78 is 9.85. The van der Waals surface area contributed by atoms with Gasteiger partial charge >= 0.3 is 0 Å². The third kappa shape index (κ3) is 2.66.